The van der Waals surface area contributed by atoms with Crippen LogP contribution in [0.3, 0.4) is 0 Å². The predicted molar refractivity (Wildman–Crippen MR) is 93.6 cm³/mol. The van der Waals surface area contributed by atoms with Crippen LogP contribution in [-0.2, 0) is 11.3 Å². The van der Waals surface area contributed by atoms with Crippen LogP contribution in [0.2, 0.25) is 0 Å². The van der Waals surface area contributed by atoms with Gasteiger partial charge in [-0.1, -0.05) is 6.07 Å². The molecule has 3 heterocycles. The number of nitrogens with zero attached hydrogens (tertiary/aromatic N) is 3. The Labute approximate surface area is 151 Å². The smallest absolute Gasteiger partial charge is 0.253 e. The lowest BCUT2D eigenvalue weighted by Gasteiger charge is -2.23. The lowest BCUT2D eigenvalue weighted by Crippen LogP contribution is -2.38. The molecule has 1 atom stereocenters. The highest BCUT2D eigenvalue weighted by molar-refractivity contribution is 5.95. The first kappa shape index (κ1) is 16.7. The van der Waals surface area contributed by atoms with Crippen LogP contribution >= 0.6 is 0 Å². The Morgan fingerprint density at radius 3 is 2.65 bits per heavy atom. The third-order valence-electron chi connectivity index (χ3n) is 5.43. The number of rotatable bonds is 3. The van der Waals surface area contributed by atoms with Gasteiger partial charge in [0.05, 0.1) is 5.41 Å². The molecule has 0 bridgehead atoms. The zero-order chi connectivity index (χ0) is 18.1. The summed E-state index contributed by atoms with van der Waals surface area (Å²) in [6.45, 7) is 2.25. The van der Waals surface area contributed by atoms with E-state index in [0.29, 0.717) is 38.2 Å². The SMILES string of the molecule is O=C(c1ccc(F)cc1)N1CC[C@]2(CCN(Cc3cccnc3)C2=O)C1. The Kier molecular flexibility index (Phi) is 4.18. The second kappa shape index (κ2) is 6.52. The van der Waals surface area contributed by atoms with E-state index in [1.54, 1.807) is 17.3 Å². The number of amides is 2. The summed E-state index contributed by atoms with van der Waals surface area (Å²) < 4.78 is 13.1. The molecule has 134 valence electrons. The summed E-state index contributed by atoms with van der Waals surface area (Å²) in [4.78, 5) is 33.3. The zero-order valence-corrected chi connectivity index (χ0v) is 14.4. The molecule has 0 unspecified atom stereocenters. The number of benzene rings is 1. The Morgan fingerprint density at radius 1 is 1.15 bits per heavy atom. The number of carbonyl (C=O) groups is 2. The van der Waals surface area contributed by atoms with Crippen LogP contribution in [0.1, 0.15) is 28.8 Å². The van der Waals surface area contributed by atoms with Crippen molar-refractivity contribution in [2.24, 2.45) is 5.41 Å². The van der Waals surface area contributed by atoms with Crippen LogP contribution in [-0.4, -0.2) is 46.2 Å². The normalized spacial score (nSPS) is 22.4. The van der Waals surface area contributed by atoms with Crippen molar-refractivity contribution in [2.45, 2.75) is 19.4 Å². The molecule has 0 saturated carbocycles. The fourth-order valence-electron chi connectivity index (χ4n) is 3.96. The molecule has 2 saturated heterocycles. The van der Waals surface area contributed by atoms with Crippen molar-refractivity contribution in [3.63, 3.8) is 0 Å². The van der Waals surface area contributed by atoms with Gasteiger partial charge in [-0.15, -0.1) is 0 Å². The van der Waals surface area contributed by atoms with Crippen molar-refractivity contribution in [1.82, 2.24) is 14.8 Å². The summed E-state index contributed by atoms with van der Waals surface area (Å²) >= 11 is 0. The lowest BCUT2D eigenvalue weighted by atomic mass is 9.85. The van der Waals surface area contributed by atoms with Crippen LogP contribution in [0.25, 0.3) is 0 Å². The highest BCUT2D eigenvalue weighted by Gasteiger charge is 2.51. The van der Waals surface area contributed by atoms with E-state index in [-0.39, 0.29) is 17.6 Å². The van der Waals surface area contributed by atoms with Gasteiger partial charge in [0.2, 0.25) is 5.91 Å². The number of hydrogen-bond donors (Lipinski definition) is 0. The number of aromatic nitrogens is 1. The Morgan fingerprint density at radius 2 is 1.92 bits per heavy atom. The molecule has 2 aliphatic rings. The third-order valence-corrected chi connectivity index (χ3v) is 5.43. The molecule has 0 N–H and O–H groups in total. The third kappa shape index (κ3) is 2.96. The van der Waals surface area contributed by atoms with Gasteiger partial charge in [0.25, 0.3) is 5.91 Å². The molecule has 1 aromatic carbocycles. The molecule has 1 aromatic heterocycles. The fourth-order valence-corrected chi connectivity index (χ4v) is 3.96. The number of likely N-dealkylation sites (tertiary alicyclic amines) is 2. The maximum Gasteiger partial charge on any atom is 0.253 e. The topological polar surface area (TPSA) is 53.5 Å². The van der Waals surface area contributed by atoms with Gasteiger partial charge >= 0.3 is 0 Å². The summed E-state index contributed by atoms with van der Waals surface area (Å²) in [6.07, 6.45) is 4.94. The molecule has 2 aliphatic heterocycles. The average molecular weight is 353 g/mol. The first-order valence-corrected chi connectivity index (χ1v) is 8.81. The molecule has 1 spiro atoms. The van der Waals surface area contributed by atoms with Crippen LogP contribution in [0, 0.1) is 11.2 Å². The van der Waals surface area contributed by atoms with Crippen molar-refractivity contribution in [3.8, 4) is 0 Å². The van der Waals surface area contributed by atoms with Crippen LogP contribution in [0.5, 0.6) is 0 Å². The molecule has 5 nitrogen and oxygen atoms in total. The minimum Gasteiger partial charge on any atom is -0.338 e. The van der Waals surface area contributed by atoms with Gasteiger partial charge in [-0.25, -0.2) is 4.39 Å². The minimum atomic E-state index is -0.474. The summed E-state index contributed by atoms with van der Waals surface area (Å²) in [5.41, 5.74) is 0.994. The first-order valence-electron chi connectivity index (χ1n) is 8.81. The van der Waals surface area contributed by atoms with Crippen LogP contribution in [0.4, 0.5) is 4.39 Å². The van der Waals surface area contributed by atoms with Gasteiger partial charge in [-0.3, -0.25) is 14.6 Å². The van der Waals surface area contributed by atoms with Crippen molar-refractivity contribution >= 4 is 11.8 Å². The Balaban J connectivity index is 1.45. The molecule has 2 fully saturated rings. The number of hydrogen-bond acceptors (Lipinski definition) is 3. The van der Waals surface area contributed by atoms with Gasteiger partial charge in [0, 0.05) is 44.1 Å². The first-order chi connectivity index (χ1) is 12.6. The molecular weight excluding hydrogens is 333 g/mol. The van der Waals surface area contributed by atoms with E-state index < -0.39 is 5.41 Å². The van der Waals surface area contributed by atoms with E-state index in [2.05, 4.69) is 4.98 Å². The van der Waals surface area contributed by atoms with E-state index >= 15 is 0 Å². The molecule has 2 aromatic rings. The summed E-state index contributed by atoms with van der Waals surface area (Å²) in [5, 5.41) is 0. The fraction of sp³-hybridized carbons (Fsp3) is 0.350. The summed E-state index contributed by atoms with van der Waals surface area (Å²) in [5.74, 6) is -0.382. The van der Waals surface area contributed by atoms with Gasteiger partial charge in [0.15, 0.2) is 0 Å². The van der Waals surface area contributed by atoms with Crippen molar-refractivity contribution in [2.75, 3.05) is 19.6 Å². The monoisotopic (exact) mass is 353 g/mol. The van der Waals surface area contributed by atoms with Crippen molar-refractivity contribution < 1.29 is 14.0 Å². The summed E-state index contributed by atoms with van der Waals surface area (Å²) in [7, 11) is 0. The molecule has 2 amide bonds. The van der Waals surface area contributed by atoms with Gasteiger partial charge in [0.1, 0.15) is 5.82 Å². The zero-order valence-electron chi connectivity index (χ0n) is 14.4. The largest absolute Gasteiger partial charge is 0.338 e. The quantitative estimate of drug-likeness (QED) is 0.852. The molecule has 26 heavy (non-hydrogen) atoms. The van der Waals surface area contributed by atoms with E-state index in [9.17, 15) is 14.0 Å². The number of carbonyl (C=O) groups excluding carboxylic acids is 2. The number of halogens is 1. The van der Waals surface area contributed by atoms with Crippen LogP contribution < -0.4 is 0 Å². The second-order valence-corrected chi connectivity index (χ2v) is 7.10. The number of pyridine rings is 1. The van der Waals surface area contributed by atoms with E-state index in [4.69, 9.17) is 0 Å². The molecule has 4 rings (SSSR count). The van der Waals surface area contributed by atoms with Gasteiger partial charge in [-0.05, 0) is 48.7 Å². The standard InChI is InChI=1S/C20H20FN3O2/c21-17-5-3-16(4-6-17)18(25)24-11-8-20(14-24)7-10-23(19(20)26)13-15-2-1-9-22-12-15/h1-6,9,12H,7-8,10-11,13-14H2/t20-/m1/s1. The molecular formula is C20H20FN3O2. The molecule has 0 radical (unpaired) electrons. The Hall–Kier alpha value is -2.76. The predicted octanol–water partition coefficient (Wildman–Crippen LogP) is 2.49. The second-order valence-electron chi connectivity index (χ2n) is 7.10. The molecule has 0 aliphatic carbocycles. The highest BCUT2D eigenvalue weighted by Crippen LogP contribution is 2.41. The van der Waals surface area contributed by atoms with E-state index in [1.165, 1.54) is 24.3 Å². The summed E-state index contributed by atoms with van der Waals surface area (Å²) in [6, 6.07) is 9.39. The van der Waals surface area contributed by atoms with E-state index in [1.807, 2.05) is 17.0 Å². The highest BCUT2D eigenvalue weighted by atomic mass is 19.1. The minimum absolute atomic E-state index is 0.121. The van der Waals surface area contributed by atoms with Crippen LogP contribution in [0.15, 0.2) is 48.8 Å². The average Bonchev–Trinajstić information content (AvgIpc) is 3.23. The van der Waals surface area contributed by atoms with Crippen molar-refractivity contribution in [3.05, 3.63) is 65.7 Å². The van der Waals surface area contributed by atoms with Gasteiger partial charge in [-0.2, -0.15) is 0 Å². The van der Waals surface area contributed by atoms with E-state index in [0.717, 1.165) is 12.0 Å². The lowest BCUT2D eigenvalue weighted by molar-refractivity contribution is -0.135. The molecule has 6 heteroatoms. The van der Waals surface area contributed by atoms with Crippen molar-refractivity contribution in [1.29, 1.82) is 0 Å². The maximum absolute atomic E-state index is 13.1. The maximum atomic E-state index is 13.1. The van der Waals surface area contributed by atoms with Gasteiger partial charge < -0.3 is 9.80 Å². The Bertz CT molecular complexity index is 825.